The van der Waals surface area contributed by atoms with Crippen LogP contribution >= 0.6 is 0 Å². The molecule has 0 saturated heterocycles. The van der Waals surface area contributed by atoms with Crippen molar-refractivity contribution in [2.75, 3.05) is 0 Å². The molecule has 0 bridgehead atoms. The Morgan fingerprint density at radius 1 is 0.547 bits per heavy atom. The normalized spacial score (nSPS) is 11.4. The molecule has 0 spiro atoms. The lowest BCUT2D eigenvalue weighted by molar-refractivity contribution is 0.483. The molecule has 0 fully saturated rings. The summed E-state index contributed by atoms with van der Waals surface area (Å²) in [4.78, 5) is 13.4. The molecule has 0 aliphatic heterocycles. The molecule has 7 nitrogen and oxygen atoms in total. The van der Waals surface area contributed by atoms with E-state index in [0.29, 0.717) is 5.75 Å². The number of aromatic nitrogens is 6. The number of fused-ring (bicyclic) bond motifs is 3. The van der Waals surface area contributed by atoms with E-state index in [1.54, 1.807) is 0 Å². The summed E-state index contributed by atoms with van der Waals surface area (Å²) >= 11 is 0. The number of pyridine rings is 3. The number of ether oxygens (including phenoxy) is 1. The van der Waals surface area contributed by atoms with Crippen molar-refractivity contribution in [2.45, 2.75) is 27.7 Å². The van der Waals surface area contributed by atoms with Crippen LogP contribution in [0.5, 0.6) is 11.5 Å². The summed E-state index contributed by atoms with van der Waals surface area (Å²) in [5.41, 5.74) is 13.9. The summed E-state index contributed by atoms with van der Waals surface area (Å²) in [7, 11) is 0. The van der Waals surface area contributed by atoms with Gasteiger partial charge in [-0.2, -0.15) is 5.10 Å². The molecule has 0 aliphatic rings. The molecule has 5 heterocycles. The maximum atomic E-state index is 6.66. The van der Waals surface area contributed by atoms with Crippen molar-refractivity contribution in [2.24, 2.45) is 0 Å². The van der Waals surface area contributed by atoms with Gasteiger partial charge in [-0.1, -0.05) is 36.4 Å². The highest BCUT2D eigenvalue weighted by molar-refractivity contribution is 6.09. The van der Waals surface area contributed by atoms with Gasteiger partial charge < -0.3 is 4.74 Å². The maximum Gasteiger partial charge on any atom is 0.137 e. The molecule has 256 valence electrons. The van der Waals surface area contributed by atoms with Crippen molar-refractivity contribution in [3.63, 3.8) is 0 Å². The molecule has 53 heavy (non-hydrogen) atoms. The SMILES string of the molecule is Cc1ccnc(-n2c3ccccc3c3ccc(Oc4cccc(-n5nc(-c6ccncc6)c(-c6cc(C)c(C)c(C)c6)c5-c5ccncc5)c4)cc32)c1. The number of rotatable bonds is 7. The lowest BCUT2D eigenvalue weighted by Crippen LogP contribution is -2.00. The van der Waals surface area contributed by atoms with Crippen molar-refractivity contribution in [3.8, 4) is 56.6 Å². The summed E-state index contributed by atoms with van der Waals surface area (Å²) in [6.45, 7) is 8.60. The van der Waals surface area contributed by atoms with Crippen LogP contribution in [0.1, 0.15) is 22.3 Å². The van der Waals surface area contributed by atoms with E-state index in [2.05, 4.69) is 103 Å². The lowest BCUT2D eigenvalue weighted by atomic mass is 9.92. The predicted molar refractivity (Wildman–Crippen MR) is 213 cm³/mol. The van der Waals surface area contributed by atoms with E-state index >= 15 is 0 Å². The van der Waals surface area contributed by atoms with E-state index in [9.17, 15) is 0 Å². The topological polar surface area (TPSA) is 70.7 Å². The molecule has 0 N–H and O–H groups in total. The molecule has 0 saturated carbocycles. The average molecular weight is 689 g/mol. The van der Waals surface area contributed by atoms with Crippen LogP contribution in [0, 0.1) is 27.7 Å². The predicted octanol–water partition coefficient (Wildman–Crippen LogP) is 11.2. The van der Waals surface area contributed by atoms with Crippen LogP contribution in [0.15, 0.2) is 146 Å². The first-order valence-corrected chi connectivity index (χ1v) is 17.7. The van der Waals surface area contributed by atoms with Gasteiger partial charge in [0.25, 0.3) is 0 Å². The fourth-order valence-corrected chi connectivity index (χ4v) is 7.26. The Balaban J connectivity index is 1.20. The molecule has 9 rings (SSSR count). The molecule has 4 aromatic carbocycles. The second-order valence-electron chi connectivity index (χ2n) is 13.5. The lowest BCUT2D eigenvalue weighted by Gasteiger charge is -2.14. The van der Waals surface area contributed by atoms with E-state index in [4.69, 9.17) is 14.8 Å². The van der Waals surface area contributed by atoms with Gasteiger partial charge >= 0.3 is 0 Å². The highest BCUT2D eigenvalue weighted by atomic mass is 16.5. The van der Waals surface area contributed by atoms with E-state index in [-0.39, 0.29) is 0 Å². The molecular formula is C46H36N6O. The number of aryl methyl sites for hydroxylation is 3. The minimum Gasteiger partial charge on any atom is -0.457 e. The third kappa shape index (κ3) is 5.72. The average Bonchev–Trinajstić information content (AvgIpc) is 3.74. The fourth-order valence-electron chi connectivity index (χ4n) is 7.26. The van der Waals surface area contributed by atoms with Gasteiger partial charge in [-0.3, -0.25) is 14.5 Å². The molecule has 0 unspecified atom stereocenters. The van der Waals surface area contributed by atoms with Crippen LogP contribution in [0.25, 0.3) is 67.0 Å². The minimum absolute atomic E-state index is 0.698. The van der Waals surface area contributed by atoms with Crippen LogP contribution in [0.2, 0.25) is 0 Å². The second-order valence-corrected chi connectivity index (χ2v) is 13.5. The van der Waals surface area contributed by atoms with Crippen molar-refractivity contribution in [1.29, 1.82) is 0 Å². The first-order chi connectivity index (χ1) is 25.9. The summed E-state index contributed by atoms with van der Waals surface area (Å²) < 4.78 is 10.9. The zero-order valence-electron chi connectivity index (χ0n) is 29.9. The second kappa shape index (κ2) is 13.0. The Morgan fingerprint density at radius 2 is 1.25 bits per heavy atom. The largest absolute Gasteiger partial charge is 0.457 e. The van der Waals surface area contributed by atoms with Crippen LogP contribution < -0.4 is 4.74 Å². The highest BCUT2D eigenvalue weighted by Crippen LogP contribution is 2.43. The van der Waals surface area contributed by atoms with Crippen LogP contribution in [0.3, 0.4) is 0 Å². The molecule has 0 aliphatic carbocycles. The fraction of sp³-hybridized carbons (Fsp3) is 0.0870. The van der Waals surface area contributed by atoms with Gasteiger partial charge in [0.15, 0.2) is 0 Å². The van der Waals surface area contributed by atoms with Crippen molar-refractivity contribution >= 4 is 21.8 Å². The Labute approximate surface area is 307 Å². The highest BCUT2D eigenvalue weighted by Gasteiger charge is 2.24. The molecule has 0 atom stereocenters. The minimum atomic E-state index is 0.698. The third-order valence-electron chi connectivity index (χ3n) is 10.1. The Morgan fingerprint density at radius 3 is 2.00 bits per heavy atom. The standard InChI is InChI=1S/C46H36N6O/c1-29-14-23-49-43(24-29)51-41-11-6-5-10-39(41)40-13-12-38(28-42(40)51)53-37-9-7-8-36(27-37)52-46(34-17-21-48-22-18-34)44(35-25-30(2)32(4)31(3)26-35)45(50-52)33-15-19-47-20-16-33/h5-28H,1-4H3. The third-order valence-corrected chi connectivity index (χ3v) is 10.1. The first kappa shape index (κ1) is 32.1. The summed E-state index contributed by atoms with van der Waals surface area (Å²) in [5.74, 6) is 2.30. The summed E-state index contributed by atoms with van der Waals surface area (Å²) in [6, 6.07) is 39.6. The zero-order chi connectivity index (χ0) is 36.1. The van der Waals surface area contributed by atoms with Crippen LogP contribution in [-0.4, -0.2) is 29.3 Å². The number of benzene rings is 4. The Bertz CT molecular complexity index is 2780. The zero-order valence-corrected chi connectivity index (χ0v) is 29.9. The Kier molecular flexibility index (Phi) is 7.89. The van der Waals surface area contributed by atoms with E-state index in [0.717, 1.165) is 72.9 Å². The van der Waals surface area contributed by atoms with E-state index < -0.39 is 0 Å². The summed E-state index contributed by atoms with van der Waals surface area (Å²) in [6.07, 6.45) is 9.15. The quantitative estimate of drug-likeness (QED) is 0.167. The van der Waals surface area contributed by atoms with Gasteiger partial charge in [0.2, 0.25) is 0 Å². The molecule has 5 aromatic heterocycles. The molecule has 0 radical (unpaired) electrons. The molecule has 0 amide bonds. The van der Waals surface area contributed by atoms with E-state index in [1.165, 1.54) is 22.1 Å². The number of hydrogen-bond donors (Lipinski definition) is 0. The monoisotopic (exact) mass is 688 g/mol. The molecule has 9 aromatic rings. The van der Waals surface area contributed by atoms with Crippen molar-refractivity contribution < 1.29 is 4.74 Å². The maximum absolute atomic E-state index is 6.66. The summed E-state index contributed by atoms with van der Waals surface area (Å²) in [5, 5.41) is 7.66. The van der Waals surface area contributed by atoms with Crippen LogP contribution in [0.4, 0.5) is 0 Å². The number of nitrogens with zero attached hydrogens (tertiary/aromatic N) is 6. The van der Waals surface area contributed by atoms with Gasteiger partial charge in [-0.25, -0.2) is 9.67 Å². The first-order valence-electron chi connectivity index (χ1n) is 17.7. The van der Waals surface area contributed by atoms with Gasteiger partial charge in [0, 0.05) is 70.6 Å². The number of hydrogen-bond acceptors (Lipinski definition) is 5. The van der Waals surface area contributed by atoms with Gasteiger partial charge in [-0.05, 0) is 122 Å². The van der Waals surface area contributed by atoms with Crippen molar-refractivity contribution in [3.05, 3.63) is 168 Å². The van der Waals surface area contributed by atoms with Gasteiger partial charge in [0.1, 0.15) is 23.0 Å². The molecular weight excluding hydrogens is 653 g/mol. The molecule has 7 heteroatoms. The number of para-hydroxylation sites is 1. The Hall–Kier alpha value is -6.86. The van der Waals surface area contributed by atoms with Crippen LogP contribution in [-0.2, 0) is 0 Å². The van der Waals surface area contributed by atoms with Gasteiger partial charge in [0.05, 0.1) is 22.4 Å². The van der Waals surface area contributed by atoms with E-state index in [1.807, 2.05) is 90.3 Å². The smallest absolute Gasteiger partial charge is 0.137 e. The van der Waals surface area contributed by atoms with Gasteiger partial charge in [-0.15, -0.1) is 0 Å². The van der Waals surface area contributed by atoms with Crippen molar-refractivity contribution in [1.82, 2.24) is 29.3 Å².